The molecule has 4 aromatic rings. The van der Waals surface area contributed by atoms with E-state index in [0.29, 0.717) is 24.3 Å². The Hall–Kier alpha value is -5.58. The molecule has 1 atom stereocenters. The standard InChI is InChI=1S/C19H16F3NO.C8H11N.C7H3F3O.C6H10O/c1-11-4-3-5-17(12(11)2)23-7-6-14(24)10-18(23)19-15(21)8-13(20)9-16(19)22;1-6-4-3-5-8(9)7(6)2;8-4-1-6(9)5(3-11)7(10)2-4;1-6(2)4-5-7-3/h3-9,18H,10H2,1-2H3;3-5H,9H2,1-2H3;1-3H;4-5H,1H2,2-3H3/b;;;5-4+. The van der Waals surface area contributed by atoms with Crippen LogP contribution in [0, 0.1) is 62.6 Å². The summed E-state index contributed by atoms with van der Waals surface area (Å²) in [7, 11) is 1.61. The van der Waals surface area contributed by atoms with Gasteiger partial charge < -0.3 is 15.4 Å². The molecule has 5 nitrogen and oxygen atoms in total. The Morgan fingerprint density at radius 1 is 0.843 bits per heavy atom. The number of anilines is 2. The molecular formula is C40H40F6N2O3. The number of ketones is 1. The molecule has 51 heavy (non-hydrogen) atoms. The fourth-order valence-corrected chi connectivity index (χ4v) is 4.62. The first-order valence-electron chi connectivity index (χ1n) is 15.5. The molecule has 4 aromatic carbocycles. The first-order valence-corrected chi connectivity index (χ1v) is 15.5. The van der Waals surface area contributed by atoms with Crippen molar-refractivity contribution >= 4 is 23.4 Å². The second-order valence-electron chi connectivity index (χ2n) is 11.5. The van der Waals surface area contributed by atoms with E-state index in [1.807, 2.05) is 58.0 Å². The predicted octanol–water partition coefficient (Wildman–Crippen LogP) is 10.3. The van der Waals surface area contributed by atoms with Crippen molar-refractivity contribution in [3.8, 4) is 0 Å². The van der Waals surface area contributed by atoms with E-state index in [1.54, 1.807) is 24.3 Å². The highest BCUT2D eigenvalue weighted by Crippen LogP contribution is 2.38. The lowest BCUT2D eigenvalue weighted by atomic mass is 9.94. The van der Waals surface area contributed by atoms with Crippen LogP contribution in [0.2, 0.25) is 0 Å². The Balaban J connectivity index is 0.000000275. The van der Waals surface area contributed by atoms with Crippen molar-refractivity contribution in [2.24, 2.45) is 0 Å². The maximum absolute atomic E-state index is 14.2. The van der Waals surface area contributed by atoms with Crippen LogP contribution in [0.25, 0.3) is 0 Å². The molecule has 1 heterocycles. The summed E-state index contributed by atoms with van der Waals surface area (Å²) in [5.41, 5.74) is 11.6. The number of hydrogen-bond donors (Lipinski definition) is 1. The number of aryl methyl sites for hydroxylation is 2. The fraction of sp³-hybridized carbons (Fsp3) is 0.200. The average Bonchev–Trinajstić information content (AvgIpc) is 3.04. The summed E-state index contributed by atoms with van der Waals surface area (Å²) in [6.45, 7) is 13.5. The van der Waals surface area contributed by atoms with Crippen LogP contribution < -0.4 is 10.6 Å². The van der Waals surface area contributed by atoms with Crippen molar-refractivity contribution in [3.63, 3.8) is 0 Å². The molecule has 0 saturated heterocycles. The Labute approximate surface area is 294 Å². The van der Waals surface area contributed by atoms with E-state index in [1.165, 1.54) is 23.4 Å². The van der Waals surface area contributed by atoms with Crippen molar-refractivity contribution in [2.45, 2.75) is 47.1 Å². The first kappa shape index (κ1) is 41.6. The normalized spacial score (nSPS) is 13.3. The van der Waals surface area contributed by atoms with Gasteiger partial charge in [0, 0.05) is 53.8 Å². The van der Waals surface area contributed by atoms with Gasteiger partial charge in [-0.05, 0) is 81.2 Å². The number of carbonyl (C=O) groups excluding carboxylic acids is 2. The Morgan fingerprint density at radius 3 is 1.80 bits per heavy atom. The van der Waals surface area contributed by atoms with Crippen LogP contribution in [0.4, 0.5) is 37.7 Å². The SMILES string of the molecule is C=C(C)/C=C/OC.Cc1cccc(N)c1C.Cc1cccc(N2C=CC(=O)CC2c2c(F)cc(F)cc2F)c1C.O=Cc1c(F)cc(F)cc1F. The molecule has 2 N–H and O–H groups in total. The van der Waals surface area contributed by atoms with Crippen molar-refractivity contribution < 1.29 is 40.7 Å². The van der Waals surface area contributed by atoms with Crippen LogP contribution in [-0.4, -0.2) is 19.2 Å². The molecule has 0 fully saturated rings. The Morgan fingerprint density at radius 2 is 1.35 bits per heavy atom. The molecule has 0 aliphatic carbocycles. The molecule has 1 unspecified atom stereocenters. The summed E-state index contributed by atoms with van der Waals surface area (Å²) < 4.78 is 83.3. The summed E-state index contributed by atoms with van der Waals surface area (Å²) >= 11 is 0. The molecule has 270 valence electrons. The second-order valence-corrected chi connectivity index (χ2v) is 11.5. The van der Waals surface area contributed by atoms with Crippen LogP contribution in [0.5, 0.6) is 0 Å². The number of allylic oxidation sites excluding steroid dienone is 3. The van der Waals surface area contributed by atoms with Gasteiger partial charge in [-0.15, -0.1) is 0 Å². The lowest BCUT2D eigenvalue weighted by Crippen LogP contribution is -2.31. The molecule has 5 rings (SSSR count). The average molecular weight is 711 g/mol. The molecule has 11 heteroatoms. The third-order valence-corrected chi connectivity index (χ3v) is 7.68. The minimum absolute atomic E-state index is 0.00407. The van der Waals surface area contributed by atoms with Gasteiger partial charge in [-0.1, -0.05) is 36.4 Å². The van der Waals surface area contributed by atoms with E-state index in [-0.39, 0.29) is 24.1 Å². The third kappa shape index (κ3) is 12.1. The zero-order valence-corrected chi connectivity index (χ0v) is 29.2. The summed E-state index contributed by atoms with van der Waals surface area (Å²) in [5.74, 6) is -6.60. The van der Waals surface area contributed by atoms with E-state index < -0.39 is 46.5 Å². The zero-order valence-electron chi connectivity index (χ0n) is 29.2. The van der Waals surface area contributed by atoms with E-state index in [4.69, 9.17) is 5.73 Å². The molecule has 0 bridgehead atoms. The van der Waals surface area contributed by atoms with E-state index in [9.17, 15) is 35.9 Å². The number of benzene rings is 4. The van der Waals surface area contributed by atoms with Gasteiger partial charge in [0.25, 0.3) is 0 Å². The minimum atomic E-state index is -1.18. The molecule has 0 radical (unpaired) electrons. The monoisotopic (exact) mass is 710 g/mol. The van der Waals surface area contributed by atoms with Gasteiger partial charge in [0.05, 0.1) is 25.0 Å². The van der Waals surface area contributed by atoms with Crippen molar-refractivity contribution in [2.75, 3.05) is 17.7 Å². The Kier molecular flexibility index (Phi) is 16.0. The number of rotatable bonds is 5. The number of halogens is 6. The molecule has 1 aliphatic heterocycles. The van der Waals surface area contributed by atoms with Crippen molar-refractivity contribution in [1.82, 2.24) is 0 Å². The number of aldehydes is 1. The first-order chi connectivity index (χ1) is 24.0. The van der Waals surface area contributed by atoms with Crippen LogP contribution in [0.3, 0.4) is 0 Å². The third-order valence-electron chi connectivity index (χ3n) is 7.68. The van der Waals surface area contributed by atoms with E-state index in [2.05, 4.69) is 24.3 Å². The lowest BCUT2D eigenvalue weighted by Gasteiger charge is -2.34. The maximum atomic E-state index is 14.2. The van der Waals surface area contributed by atoms with Crippen LogP contribution in [0.1, 0.15) is 57.6 Å². The van der Waals surface area contributed by atoms with Crippen molar-refractivity contribution in [1.29, 1.82) is 0 Å². The number of nitrogens with zero attached hydrogens (tertiary/aromatic N) is 1. The predicted molar refractivity (Wildman–Crippen MR) is 189 cm³/mol. The highest BCUT2D eigenvalue weighted by atomic mass is 19.2. The quantitative estimate of drug-likeness (QED) is 0.0734. The molecule has 1 aliphatic rings. The van der Waals surface area contributed by atoms with Gasteiger partial charge in [-0.25, -0.2) is 26.3 Å². The van der Waals surface area contributed by atoms with Crippen LogP contribution in [0.15, 0.2) is 97.4 Å². The maximum Gasteiger partial charge on any atom is 0.159 e. The number of nitrogens with two attached hydrogens (primary N) is 1. The number of nitrogen functional groups attached to an aromatic ring is 1. The molecule has 0 saturated carbocycles. The summed E-state index contributed by atoms with van der Waals surface area (Å²) in [6, 6.07) is 12.9. The van der Waals surface area contributed by atoms with E-state index in [0.717, 1.165) is 28.1 Å². The Bertz CT molecular complexity index is 1860. The highest BCUT2D eigenvalue weighted by Gasteiger charge is 2.31. The largest absolute Gasteiger partial charge is 0.504 e. The summed E-state index contributed by atoms with van der Waals surface area (Å²) in [6.07, 6.45) is 6.24. The smallest absolute Gasteiger partial charge is 0.159 e. The number of hydrogen-bond acceptors (Lipinski definition) is 5. The van der Waals surface area contributed by atoms with Crippen molar-refractivity contribution in [3.05, 3.63) is 166 Å². The summed E-state index contributed by atoms with van der Waals surface area (Å²) in [4.78, 5) is 23.5. The fourth-order valence-electron chi connectivity index (χ4n) is 4.62. The lowest BCUT2D eigenvalue weighted by molar-refractivity contribution is -0.115. The van der Waals surface area contributed by atoms with Gasteiger partial charge in [-0.3, -0.25) is 9.59 Å². The van der Waals surface area contributed by atoms with Crippen LogP contribution in [-0.2, 0) is 9.53 Å². The van der Waals surface area contributed by atoms with E-state index >= 15 is 0 Å². The highest BCUT2D eigenvalue weighted by molar-refractivity contribution is 5.92. The van der Waals surface area contributed by atoms with Gasteiger partial charge in [0.15, 0.2) is 12.1 Å². The van der Waals surface area contributed by atoms with Gasteiger partial charge in [0.2, 0.25) is 0 Å². The molecule has 0 aromatic heterocycles. The van der Waals surface area contributed by atoms with Gasteiger partial charge in [0.1, 0.15) is 34.9 Å². The second kappa shape index (κ2) is 19.6. The molecular weight excluding hydrogens is 670 g/mol. The molecule has 0 spiro atoms. The van der Waals surface area contributed by atoms with Gasteiger partial charge in [-0.2, -0.15) is 0 Å². The number of ether oxygens (including phenoxy) is 1. The van der Waals surface area contributed by atoms with Crippen LogP contribution >= 0.6 is 0 Å². The zero-order chi connectivity index (χ0) is 38.4. The number of methoxy groups -OCH3 is 1. The number of carbonyl (C=O) groups is 2. The summed E-state index contributed by atoms with van der Waals surface area (Å²) in [5, 5.41) is 0. The topological polar surface area (TPSA) is 72.6 Å². The van der Waals surface area contributed by atoms with Gasteiger partial charge >= 0.3 is 0 Å². The molecule has 0 amide bonds. The minimum Gasteiger partial charge on any atom is -0.504 e.